The summed E-state index contributed by atoms with van der Waals surface area (Å²) in [5.41, 5.74) is 16.9. The Balaban J connectivity index is 1.18. The van der Waals surface area contributed by atoms with Crippen LogP contribution >= 0.6 is 63.7 Å². The standard InChI is InChI=1S/C72H74Br4N4O2/c1-43-61(51-33-17-21-37-57(51)77(43)47-25-9-5-10-26-47)55(62-44(2)78(48-27-11-6-12-28-48)58-38-22-18-34-52(58)62)41-72(66-65(71(81)82-72)67(73)69(75)70(76)68(66)74)42-56(63-45(3)79(49-29-13-7-14-30-49)59-39-23-19-35-53(59)63)64-46(4)80(50-31-15-8-16-32-50)60-40-24-20-36-54(60)64/h17-24,33-42,47-50H,5-16,25-32H2,1-4H3. The van der Waals surface area contributed by atoms with Crippen LogP contribution < -0.4 is 0 Å². The van der Waals surface area contributed by atoms with E-state index in [0.29, 0.717) is 34.2 Å². The van der Waals surface area contributed by atoms with Crippen molar-refractivity contribution in [2.24, 2.45) is 0 Å². The smallest absolute Gasteiger partial charge is 0.341 e. The zero-order valence-electron chi connectivity index (χ0n) is 48.0. The van der Waals surface area contributed by atoms with E-state index >= 15 is 4.79 Å². The topological polar surface area (TPSA) is 46.0 Å². The Hall–Kier alpha value is -4.87. The molecule has 0 amide bonds. The van der Waals surface area contributed by atoms with Gasteiger partial charge in [-0.2, -0.15) is 0 Å². The van der Waals surface area contributed by atoms with Gasteiger partial charge in [0, 0.05) is 136 Å². The number of carbonyl (C=O) groups excluding carboxylic acids is 1. The van der Waals surface area contributed by atoms with Crippen molar-refractivity contribution >= 4 is 124 Å². The minimum absolute atomic E-state index is 0.368. The summed E-state index contributed by atoms with van der Waals surface area (Å²) < 4.78 is 21.4. The first-order chi connectivity index (χ1) is 40.0. The van der Waals surface area contributed by atoms with Gasteiger partial charge in [-0.05, 0) is 190 Å². The molecule has 422 valence electrons. The molecule has 4 fully saturated rings. The highest BCUT2D eigenvalue weighted by molar-refractivity contribution is 9.15. The molecule has 4 saturated carbocycles. The molecule has 0 N–H and O–H groups in total. The third-order valence-electron chi connectivity index (χ3n) is 20.3. The minimum Gasteiger partial charge on any atom is -0.442 e. The summed E-state index contributed by atoms with van der Waals surface area (Å²) >= 11 is 16.3. The van der Waals surface area contributed by atoms with Crippen molar-refractivity contribution in [1.82, 2.24) is 18.3 Å². The quantitative estimate of drug-likeness (QED) is 0.0778. The molecule has 5 aliphatic rings. The second-order valence-electron chi connectivity index (χ2n) is 24.9. The second-order valence-corrected chi connectivity index (χ2v) is 28.0. The SMILES string of the molecule is Cc1c(C(=CC2(C=C(c3c(C)n(C4CCCCC4)c4ccccc34)c3c(C)n(C4CCCCC4)c4ccccc34)OC(=O)c3c(Br)c(Br)c(Br)c(Br)c32)c2c(C)n(C3CCCCC3)c3ccccc23)c2ccccc2n1C1CCCCC1. The van der Waals surface area contributed by atoms with E-state index in [1.54, 1.807) is 0 Å². The van der Waals surface area contributed by atoms with E-state index < -0.39 is 5.60 Å². The van der Waals surface area contributed by atoms with Gasteiger partial charge in [0.25, 0.3) is 0 Å². The number of benzene rings is 5. The largest absolute Gasteiger partial charge is 0.442 e. The van der Waals surface area contributed by atoms with Gasteiger partial charge in [0.15, 0.2) is 5.60 Å². The molecule has 0 radical (unpaired) electrons. The van der Waals surface area contributed by atoms with Gasteiger partial charge in [-0.25, -0.2) is 4.79 Å². The second kappa shape index (κ2) is 22.2. The molecule has 82 heavy (non-hydrogen) atoms. The Morgan fingerprint density at radius 2 is 0.671 bits per heavy atom. The van der Waals surface area contributed by atoms with E-state index in [-0.39, 0.29) is 5.97 Å². The predicted octanol–water partition coefficient (Wildman–Crippen LogP) is 22.4. The van der Waals surface area contributed by atoms with Gasteiger partial charge in [-0.15, -0.1) is 0 Å². The highest BCUT2D eigenvalue weighted by atomic mass is 79.9. The summed E-state index contributed by atoms with van der Waals surface area (Å²) in [4.78, 5) is 15.8. The Kier molecular flexibility index (Phi) is 14.9. The number of halogens is 4. The molecule has 10 heteroatoms. The van der Waals surface area contributed by atoms with Crippen LogP contribution in [0.25, 0.3) is 54.8 Å². The number of ether oxygens (including phenoxy) is 1. The molecule has 0 unspecified atom stereocenters. The molecule has 0 saturated heterocycles. The van der Waals surface area contributed by atoms with Gasteiger partial charge in [-0.3, -0.25) is 0 Å². The first-order valence-electron chi connectivity index (χ1n) is 30.9. The van der Waals surface area contributed by atoms with E-state index in [4.69, 9.17) is 4.74 Å². The highest BCUT2D eigenvalue weighted by Gasteiger charge is 2.49. The highest BCUT2D eigenvalue weighted by Crippen LogP contribution is 2.57. The van der Waals surface area contributed by atoms with Gasteiger partial charge in [0.05, 0.1) is 5.56 Å². The summed E-state index contributed by atoms with van der Waals surface area (Å²) in [6, 6.07) is 38.2. The van der Waals surface area contributed by atoms with Crippen molar-refractivity contribution in [3.63, 3.8) is 0 Å². The maximum Gasteiger partial charge on any atom is 0.341 e. The Labute approximate surface area is 517 Å². The lowest BCUT2D eigenvalue weighted by Crippen LogP contribution is -2.24. The Morgan fingerprint density at radius 3 is 0.963 bits per heavy atom. The summed E-state index contributed by atoms with van der Waals surface area (Å²) in [7, 11) is 0. The summed E-state index contributed by atoms with van der Waals surface area (Å²) in [6.45, 7) is 9.51. The third-order valence-corrected chi connectivity index (χ3v) is 25.1. The lowest BCUT2D eigenvalue weighted by molar-refractivity contribution is 0.0298. The number of para-hydroxylation sites is 4. The predicted molar refractivity (Wildman–Crippen MR) is 354 cm³/mol. The number of hydrogen-bond acceptors (Lipinski definition) is 2. The molecular formula is C72H74Br4N4O2. The fourth-order valence-corrected chi connectivity index (χ4v) is 19.4. The molecule has 4 aliphatic carbocycles. The average Bonchev–Trinajstić information content (AvgIpc) is 2.02. The van der Waals surface area contributed by atoms with Crippen molar-refractivity contribution in [3.05, 3.63) is 183 Å². The van der Waals surface area contributed by atoms with Crippen LogP contribution in [0.4, 0.5) is 0 Å². The Bertz CT molecular complexity index is 3650. The van der Waals surface area contributed by atoms with Crippen LogP contribution in [0, 0.1) is 27.7 Å². The lowest BCUT2D eigenvalue weighted by Gasteiger charge is -2.29. The van der Waals surface area contributed by atoms with E-state index in [1.165, 1.54) is 166 Å². The molecule has 5 heterocycles. The third kappa shape index (κ3) is 8.84. The zero-order chi connectivity index (χ0) is 56.1. The van der Waals surface area contributed by atoms with Crippen LogP contribution in [0.3, 0.4) is 0 Å². The van der Waals surface area contributed by atoms with Gasteiger partial charge >= 0.3 is 5.97 Å². The molecule has 6 nitrogen and oxygen atoms in total. The van der Waals surface area contributed by atoms with Crippen LogP contribution in [-0.4, -0.2) is 24.2 Å². The fraction of sp³-hybridized carbons (Fsp3) is 0.403. The van der Waals surface area contributed by atoms with Gasteiger partial charge in [-0.1, -0.05) is 150 Å². The van der Waals surface area contributed by atoms with E-state index in [0.717, 1.165) is 81.5 Å². The number of carbonyl (C=O) groups is 1. The summed E-state index contributed by atoms with van der Waals surface area (Å²) in [5, 5.41) is 4.91. The van der Waals surface area contributed by atoms with Gasteiger partial charge in [0.1, 0.15) is 0 Å². The molecular weight excluding hydrogens is 1270 g/mol. The molecule has 14 rings (SSSR count). The van der Waals surface area contributed by atoms with Crippen molar-refractivity contribution in [1.29, 1.82) is 0 Å². The number of aromatic nitrogens is 4. The van der Waals surface area contributed by atoms with Crippen LogP contribution in [0.1, 0.15) is 214 Å². The first-order valence-corrected chi connectivity index (χ1v) is 34.1. The number of rotatable bonds is 10. The number of hydrogen-bond donors (Lipinski definition) is 0. The van der Waals surface area contributed by atoms with Crippen molar-refractivity contribution in [2.75, 3.05) is 0 Å². The van der Waals surface area contributed by atoms with E-state index in [9.17, 15) is 0 Å². The van der Waals surface area contributed by atoms with Gasteiger partial charge < -0.3 is 23.0 Å². The first kappa shape index (κ1) is 55.0. The normalized spacial score (nSPS) is 18.5. The number of esters is 1. The molecule has 0 spiro atoms. The van der Waals surface area contributed by atoms with Crippen LogP contribution in [0.15, 0.2) is 127 Å². The zero-order valence-corrected chi connectivity index (χ0v) is 54.3. The summed E-state index contributed by atoms with van der Waals surface area (Å²) in [6.07, 6.45) is 29.1. The van der Waals surface area contributed by atoms with Crippen LogP contribution in [0.5, 0.6) is 0 Å². The Morgan fingerprint density at radius 1 is 0.402 bits per heavy atom. The minimum atomic E-state index is -1.48. The average molecular weight is 1350 g/mol. The number of fused-ring (bicyclic) bond motifs is 5. The summed E-state index contributed by atoms with van der Waals surface area (Å²) in [5.74, 6) is -0.368. The van der Waals surface area contributed by atoms with Crippen molar-refractivity contribution in [2.45, 2.75) is 186 Å². The lowest BCUT2D eigenvalue weighted by atomic mass is 9.81. The number of nitrogens with zero attached hydrogens (tertiary/aromatic N) is 4. The molecule has 5 aromatic carbocycles. The van der Waals surface area contributed by atoms with Crippen molar-refractivity contribution in [3.8, 4) is 0 Å². The number of cyclic esters (lactones) is 1. The molecule has 0 bridgehead atoms. The van der Waals surface area contributed by atoms with Gasteiger partial charge in [0.2, 0.25) is 0 Å². The van der Waals surface area contributed by atoms with Crippen LogP contribution in [0.2, 0.25) is 0 Å². The molecule has 9 aromatic rings. The monoisotopic (exact) mass is 1340 g/mol. The van der Waals surface area contributed by atoms with Crippen LogP contribution in [-0.2, 0) is 10.3 Å². The molecule has 1 aliphatic heterocycles. The molecule has 0 atom stereocenters. The maximum absolute atomic E-state index is 15.8. The fourth-order valence-electron chi connectivity index (χ4n) is 16.8. The van der Waals surface area contributed by atoms with E-state index in [2.05, 4.69) is 219 Å². The maximum atomic E-state index is 15.8. The van der Waals surface area contributed by atoms with Crippen molar-refractivity contribution < 1.29 is 9.53 Å². The molecule has 4 aromatic heterocycles. The van der Waals surface area contributed by atoms with E-state index in [1.807, 2.05) is 0 Å².